The van der Waals surface area contributed by atoms with E-state index >= 15 is 0 Å². The van der Waals surface area contributed by atoms with Gasteiger partial charge in [-0.2, -0.15) is 0 Å². The highest BCUT2D eigenvalue weighted by molar-refractivity contribution is 6.32. The van der Waals surface area contributed by atoms with Gasteiger partial charge < -0.3 is 0 Å². The van der Waals surface area contributed by atoms with E-state index in [1.165, 1.54) is 0 Å². The van der Waals surface area contributed by atoms with E-state index in [-0.39, 0.29) is 12.1 Å². The fraction of sp³-hybridized carbons (Fsp3) is 0.0476. The van der Waals surface area contributed by atoms with Gasteiger partial charge in [-0.3, -0.25) is 14.7 Å². The van der Waals surface area contributed by atoms with Crippen LogP contribution < -0.4 is 4.90 Å². The number of fused-ring (bicyclic) bond motifs is 5. The molecule has 0 aliphatic carbocycles. The van der Waals surface area contributed by atoms with Crippen LogP contribution in [0.2, 0.25) is 5.02 Å². The molecule has 120 valence electrons. The van der Waals surface area contributed by atoms with Crippen LogP contribution in [0.1, 0.15) is 33.2 Å². The van der Waals surface area contributed by atoms with Gasteiger partial charge in [0.1, 0.15) is 0 Å². The Morgan fingerprint density at radius 2 is 1.64 bits per heavy atom. The summed E-state index contributed by atoms with van der Waals surface area (Å²) >= 11 is 6.24. The zero-order chi connectivity index (χ0) is 17.0. The summed E-state index contributed by atoms with van der Waals surface area (Å²) < 4.78 is 0. The third-order valence-electron chi connectivity index (χ3n) is 4.70. The normalized spacial score (nSPS) is 17.6. The number of amides is 1. The second-order valence-corrected chi connectivity index (χ2v) is 6.58. The molecule has 0 radical (unpaired) electrons. The Morgan fingerprint density at radius 3 is 2.48 bits per heavy atom. The Hall–Kier alpha value is -2.91. The highest BCUT2D eigenvalue weighted by Crippen LogP contribution is 2.44. The first-order valence-electron chi connectivity index (χ1n) is 8.10. The second kappa shape index (κ2) is 5.30. The predicted octanol–water partition coefficient (Wildman–Crippen LogP) is 4.85. The van der Waals surface area contributed by atoms with Crippen LogP contribution in [0.15, 0.2) is 77.8 Å². The quantitative estimate of drug-likeness (QED) is 0.621. The van der Waals surface area contributed by atoms with Gasteiger partial charge in [-0.05, 0) is 24.3 Å². The summed E-state index contributed by atoms with van der Waals surface area (Å²) in [4.78, 5) is 19.7. The molecule has 1 amide bonds. The lowest BCUT2D eigenvalue weighted by atomic mass is 9.97. The number of carbonyl (C=O) groups is 1. The molecule has 0 saturated heterocycles. The Balaban J connectivity index is 1.80. The molecule has 2 aliphatic rings. The number of carbonyl (C=O) groups excluding carboxylic acids is 1. The van der Waals surface area contributed by atoms with Crippen molar-refractivity contribution >= 4 is 28.9 Å². The average molecular weight is 345 g/mol. The minimum atomic E-state index is -0.326. The zero-order valence-corrected chi connectivity index (χ0v) is 13.9. The Morgan fingerprint density at radius 1 is 0.880 bits per heavy atom. The van der Waals surface area contributed by atoms with Crippen molar-refractivity contribution in [3.05, 3.63) is 100 Å². The maximum Gasteiger partial charge on any atom is 0.260 e. The summed E-state index contributed by atoms with van der Waals surface area (Å²) in [6.07, 6.45) is -0.326. The second-order valence-electron chi connectivity index (χ2n) is 6.14. The van der Waals surface area contributed by atoms with Crippen molar-refractivity contribution in [1.29, 1.82) is 0 Å². The molecule has 5 rings (SSSR count). The molecule has 4 heteroatoms. The molecule has 0 saturated carbocycles. The van der Waals surface area contributed by atoms with Crippen molar-refractivity contribution < 1.29 is 4.79 Å². The lowest BCUT2D eigenvalue weighted by molar-refractivity contribution is 0.0991. The predicted molar refractivity (Wildman–Crippen MR) is 99.5 cm³/mol. The van der Waals surface area contributed by atoms with Crippen molar-refractivity contribution in [2.45, 2.75) is 6.17 Å². The monoisotopic (exact) mass is 344 g/mol. The van der Waals surface area contributed by atoms with E-state index in [0.717, 1.165) is 28.1 Å². The van der Waals surface area contributed by atoms with Crippen LogP contribution in [-0.2, 0) is 0 Å². The van der Waals surface area contributed by atoms with Gasteiger partial charge in [-0.15, -0.1) is 0 Å². The molecule has 1 atom stereocenters. The van der Waals surface area contributed by atoms with Crippen molar-refractivity contribution in [3.63, 3.8) is 0 Å². The molecular weight excluding hydrogens is 332 g/mol. The summed E-state index contributed by atoms with van der Waals surface area (Å²) in [6.45, 7) is 0. The minimum absolute atomic E-state index is 0.0139. The Kier molecular flexibility index (Phi) is 3.06. The number of aliphatic imine (C=N–C) groups is 1. The first kappa shape index (κ1) is 14.4. The fourth-order valence-corrected chi connectivity index (χ4v) is 3.76. The zero-order valence-electron chi connectivity index (χ0n) is 13.2. The van der Waals surface area contributed by atoms with Gasteiger partial charge in [0.05, 0.1) is 11.4 Å². The number of benzene rings is 3. The van der Waals surface area contributed by atoms with Crippen LogP contribution in [-0.4, -0.2) is 11.6 Å². The lowest BCUT2D eigenvalue weighted by Gasteiger charge is -2.31. The molecule has 3 nitrogen and oxygen atoms in total. The highest BCUT2D eigenvalue weighted by atomic mass is 35.5. The number of hydrogen-bond acceptors (Lipinski definition) is 2. The van der Waals surface area contributed by atoms with E-state index in [4.69, 9.17) is 16.6 Å². The first-order chi connectivity index (χ1) is 12.2. The van der Waals surface area contributed by atoms with Crippen LogP contribution in [0.4, 0.5) is 5.69 Å². The van der Waals surface area contributed by atoms with E-state index in [0.29, 0.717) is 10.6 Å². The van der Waals surface area contributed by atoms with Crippen LogP contribution in [0.25, 0.3) is 0 Å². The molecule has 3 aromatic rings. The van der Waals surface area contributed by atoms with Gasteiger partial charge in [-0.25, -0.2) is 0 Å². The molecule has 0 bridgehead atoms. The number of halogens is 1. The van der Waals surface area contributed by atoms with Gasteiger partial charge in [0.2, 0.25) is 0 Å². The summed E-state index contributed by atoms with van der Waals surface area (Å²) in [5, 5.41) is 0.630. The first-order valence-corrected chi connectivity index (χ1v) is 8.47. The lowest BCUT2D eigenvalue weighted by Crippen LogP contribution is -2.32. The summed E-state index contributed by atoms with van der Waals surface area (Å²) in [7, 11) is 0. The Bertz CT molecular complexity index is 1040. The van der Waals surface area contributed by atoms with Crippen LogP contribution >= 0.6 is 11.6 Å². The van der Waals surface area contributed by atoms with Crippen molar-refractivity contribution in [2.75, 3.05) is 4.90 Å². The molecule has 3 aromatic carbocycles. The molecule has 0 aromatic heterocycles. The van der Waals surface area contributed by atoms with Crippen molar-refractivity contribution in [2.24, 2.45) is 4.99 Å². The topological polar surface area (TPSA) is 32.7 Å². The summed E-state index contributed by atoms with van der Waals surface area (Å²) in [5.74, 6) is -0.0139. The number of anilines is 1. The third-order valence-corrected chi connectivity index (χ3v) is 4.94. The van der Waals surface area contributed by atoms with E-state index in [1.54, 1.807) is 4.90 Å². The van der Waals surface area contributed by atoms with Crippen LogP contribution in [0.3, 0.4) is 0 Å². The van der Waals surface area contributed by atoms with Gasteiger partial charge in [0, 0.05) is 27.3 Å². The Labute approximate surface area is 150 Å². The van der Waals surface area contributed by atoms with E-state index in [9.17, 15) is 4.79 Å². The van der Waals surface area contributed by atoms with Gasteiger partial charge in [0.25, 0.3) is 5.91 Å². The molecular formula is C21H13ClN2O. The minimum Gasteiger partial charge on any atom is -0.281 e. The van der Waals surface area contributed by atoms with E-state index in [2.05, 4.69) is 0 Å². The van der Waals surface area contributed by atoms with Crippen LogP contribution in [0.5, 0.6) is 0 Å². The highest BCUT2D eigenvalue weighted by Gasteiger charge is 2.41. The molecule has 2 aliphatic heterocycles. The summed E-state index contributed by atoms with van der Waals surface area (Å²) in [5.41, 5.74) is 5.28. The van der Waals surface area contributed by atoms with Crippen molar-refractivity contribution in [1.82, 2.24) is 0 Å². The largest absolute Gasteiger partial charge is 0.281 e. The molecule has 1 unspecified atom stereocenters. The van der Waals surface area contributed by atoms with Crippen molar-refractivity contribution in [3.8, 4) is 0 Å². The number of hydrogen-bond donors (Lipinski definition) is 0. The SMILES string of the molecule is O=C1c2ccccc2C2N=C(c3ccccc3)c3cc(Cl)ccc3N12. The molecule has 0 N–H and O–H groups in total. The smallest absolute Gasteiger partial charge is 0.260 e. The molecule has 2 heterocycles. The van der Waals surface area contributed by atoms with Crippen LogP contribution in [0, 0.1) is 0 Å². The maximum absolute atomic E-state index is 12.9. The number of rotatable bonds is 1. The van der Waals surface area contributed by atoms with Gasteiger partial charge >= 0.3 is 0 Å². The fourth-order valence-electron chi connectivity index (χ4n) is 3.59. The maximum atomic E-state index is 12.9. The molecule has 0 fully saturated rings. The average Bonchev–Trinajstić information content (AvgIpc) is 2.94. The van der Waals surface area contributed by atoms with E-state index < -0.39 is 0 Å². The van der Waals surface area contributed by atoms with Gasteiger partial charge in [-0.1, -0.05) is 60.1 Å². The third kappa shape index (κ3) is 2.06. The molecule has 0 spiro atoms. The molecule has 25 heavy (non-hydrogen) atoms. The number of nitrogens with zero attached hydrogens (tertiary/aromatic N) is 2. The standard InChI is InChI=1S/C21H13ClN2O/c22-14-10-11-18-17(12-14)19(13-6-2-1-3-7-13)23-20-15-8-4-5-9-16(15)21(25)24(18)20/h1-12,20H. The van der Waals surface area contributed by atoms with E-state index in [1.807, 2.05) is 72.8 Å². The summed E-state index contributed by atoms with van der Waals surface area (Å²) in [6, 6.07) is 23.3. The van der Waals surface area contributed by atoms with Gasteiger partial charge in [0.15, 0.2) is 6.17 Å².